The van der Waals surface area contributed by atoms with Crippen molar-refractivity contribution in [2.24, 2.45) is 11.1 Å². The Balaban J connectivity index is 2.15. The van der Waals surface area contributed by atoms with Gasteiger partial charge in [0.1, 0.15) is 23.9 Å². The Morgan fingerprint density at radius 2 is 2.11 bits per heavy atom. The average molecular weight is 601 g/mol. The van der Waals surface area contributed by atoms with Crippen molar-refractivity contribution in [3.63, 3.8) is 0 Å². The minimum atomic E-state index is -1.48. The van der Waals surface area contributed by atoms with Gasteiger partial charge in [-0.25, -0.2) is 4.39 Å². The normalized spacial score (nSPS) is 24.8. The van der Waals surface area contributed by atoms with E-state index in [1.54, 1.807) is 6.07 Å². The lowest BCUT2D eigenvalue weighted by atomic mass is 9.64. The Labute approximate surface area is 226 Å². The van der Waals surface area contributed by atoms with Crippen LogP contribution in [0.2, 0.25) is 5.02 Å². The first kappa shape index (κ1) is 28.5. The third-order valence-corrected chi connectivity index (χ3v) is 8.15. The van der Waals surface area contributed by atoms with Crippen molar-refractivity contribution in [1.82, 2.24) is 5.32 Å². The van der Waals surface area contributed by atoms with Crippen molar-refractivity contribution < 1.29 is 23.8 Å². The first-order chi connectivity index (χ1) is 16.8. The molecule has 1 amide bonds. The molecule has 0 radical (unpaired) electrons. The molecular weight excluding hydrogens is 573 g/mol. The summed E-state index contributed by atoms with van der Waals surface area (Å²) in [5.74, 6) is -2.91. The second-order valence-electron chi connectivity index (χ2n) is 10.2. The molecule has 11 heteroatoms. The molecule has 1 aliphatic rings. The molecule has 2 aromatic rings. The molecular formula is C25H28BrClFN3O4S. The van der Waals surface area contributed by atoms with Gasteiger partial charge in [0.25, 0.3) is 0 Å². The van der Waals surface area contributed by atoms with Crippen LogP contribution in [0.4, 0.5) is 4.39 Å². The summed E-state index contributed by atoms with van der Waals surface area (Å²) in [5, 5.41) is 26.0. The monoisotopic (exact) mass is 599 g/mol. The molecule has 1 aromatic carbocycles. The Morgan fingerprint density at radius 3 is 2.64 bits per heavy atom. The molecule has 3 rings (SSSR count). The number of aliphatic hydroxyl groups is 1. The zero-order chi connectivity index (χ0) is 26.8. The summed E-state index contributed by atoms with van der Waals surface area (Å²) in [4.78, 5) is 25.1. The number of benzene rings is 1. The summed E-state index contributed by atoms with van der Waals surface area (Å²) in [6, 6.07) is 6.73. The third kappa shape index (κ3) is 6.09. The van der Waals surface area contributed by atoms with E-state index in [4.69, 9.17) is 22.1 Å². The predicted molar refractivity (Wildman–Crippen MR) is 139 cm³/mol. The van der Waals surface area contributed by atoms with Crippen LogP contribution in [0, 0.1) is 22.6 Å². The highest BCUT2D eigenvalue weighted by Gasteiger charge is 2.61. The molecule has 1 aliphatic heterocycles. The molecule has 7 nitrogen and oxygen atoms in total. The van der Waals surface area contributed by atoms with Gasteiger partial charge in [-0.2, -0.15) is 5.26 Å². The van der Waals surface area contributed by atoms with Crippen LogP contribution in [-0.4, -0.2) is 41.8 Å². The van der Waals surface area contributed by atoms with Crippen molar-refractivity contribution in [2.45, 2.75) is 63.1 Å². The van der Waals surface area contributed by atoms with Gasteiger partial charge in [0, 0.05) is 37.3 Å². The fraction of sp³-hybridized carbons (Fsp3) is 0.480. The number of carbonyl (C=O) groups excluding carboxylic acids is 2. The second-order valence-corrected chi connectivity index (χ2v) is 12.5. The number of hydrogen-bond acceptors (Lipinski definition) is 7. The maximum atomic E-state index is 15.5. The van der Waals surface area contributed by atoms with Gasteiger partial charge >= 0.3 is 5.97 Å². The largest absolute Gasteiger partial charge is 0.462 e. The molecule has 0 saturated carbocycles. The van der Waals surface area contributed by atoms with Crippen LogP contribution in [0.1, 0.15) is 50.0 Å². The molecule has 4 N–H and O–H groups in total. The summed E-state index contributed by atoms with van der Waals surface area (Å²) in [7, 11) is 0. The summed E-state index contributed by atoms with van der Waals surface area (Å²) < 4.78 is 21.6. The maximum absolute atomic E-state index is 15.5. The molecule has 0 bridgehead atoms. The maximum Gasteiger partial charge on any atom is 0.323 e. The van der Waals surface area contributed by atoms with E-state index >= 15 is 4.39 Å². The van der Waals surface area contributed by atoms with E-state index in [1.807, 2.05) is 26.2 Å². The van der Waals surface area contributed by atoms with Crippen LogP contribution in [0.25, 0.3) is 0 Å². The lowest BCUT2D eigenvalue weighted by Gasteiger charge is -2.36. The van der Waals surface area contributed by atoms with E-state index in [1.165, 1.54) is 23.5 Å². The number of hydrogen-bond donors (Lipinski definition) is 3. The van der Waals surface area contributed by atoms with Crippen LogP contribution in [0.3, 0.4) is 0 Å². The molecule has 1 saturated heterocycles. The average Bonchev–Trinajstić information content (AvgIpc) is 3.31. The number of nitrogens with zero attached hydrogens (tertiary/aromatic N) is 1. The number of esters is 1. The standard InChI is InChI=1S/C25H28BrClFN3O4S/c1-24(2,3)9-19-25(12-29,16-5-4-14(27)7-17(16)28)21(18-6-13(26)11-36-18)22(31-19)23(34)35-10-15(32)8-20(30)33/h4-7,11,15,19,21-22,31-32H,8-10H2,1-3H3,(H2,30,33)/t15-,19-,21-,22+,25-/m0/s1. The Kier molecular flexibility index (Phi) is 8.84. The van der Waals surface area contributed by atoms with Crippen LogP contribution in [0.15, 0.2) is 34.1 Å². The minimum Gasteiger partial charge on any atom is -0.462 e. The fourth-order valence-corrected chi connectivity index (χ4v) is 6.61. The van der Waals surface area contributed by atoms with E-state index < -0.39 is 53.8 Å². The smallest absolute Gasteiger partial charge is 0.323 e. The van der Waals surface area contributed by atoms with Crippen molar-refractivity contribution >= 4 is 50.7 Å². The number of halogens is 3. The highest BCUT2D eigenvalue weighted by molar-refractivity contribution is 9.10. The lowest BCUT2D eigenvalue weighted by Crippen LogP contribution is -2.44. The third-order valence-electron chi connectivity index (χ3n) is 6.14. The number of amides is 1. The fourth-order valence-electron chi connectivity index (χ4n) is 4.79. The highest BCUT2D eigenvalue weighted by atomic mass is 79.9. The first-order valence-corrected chi connectivity index (χ1v) is 13.3. The van der Waals surface area contributed by atoms with E-state index in [0.717, 1.165) is 10.5 Å². The number of primary amides is 1. The molecule has 36 heavy (non-hydrogen) atoms. The Morgan fingerprint density at radius 1 is 1.42 bits per heavy atom. The molecule has 0 unspecified atom stereocenters. The zero-order valence-electron chi connectivity index (χ0n) is 20.1. The van der Waals surface area contributed by atoms with Gasteiger partial charge in [0.2, 0.25) is 5.91 Å². The van der Waals surface area contributed by atoms with Crippen LogP contribution < -0.4 is 11.1 Å². The van der Waals surface area contributed by atoms with Gasteiger partial charge in [0.15, 0.2) is 0 Å². The van der Waals surface area contributed by atoms with Gasteiger partial charge in [-0.3, -0.25) is 14.9 Å². The summed E-state index contributed by atoms with van der Waals surface area (Å²) in [5.41, 5.74) is 3.48. The number of aliphatic hydroxyl groups excluding tert-OH is 1. The molecule has 0 spiro atoms. The quantitative estimate of drug-likeness (QED) is 0.386. The van der Waals surface area contributed by atoms with Crippen molar-refractivity contribution in [1.29, 1.82) is 5.26 Å². The lowest BCUT2D eigenvalue weighted by molar-refractivity contribution is -0.150. The number of carbonyl (C=O) groups is 2. The Hall–Kier alpha value is -2.03. The number of nitriles is 1. The highest BCUT2D eigenvalue weighted by Crippen LogP contribution is 2.53. The van der Waals surface area contributed by atoms with Crippen LogP contribution in [-0.2, 0) is 19.7 Å². The number of ether oxygens (including phenoxy) is 1. The van der Waals surface area contributed by atoms with Gasteiger partial charge < -0.3 is 15.6 Å². The van der Waals surface area contributed by atoms with E-state index in [2.05, 4.69) is 27.3 Å². The van der Waals surface area contributed by atoms with Crippen molar-refractivity contribution in [3.05, 3.63) is 55.4 Å². The number of thiophene rings is 1. The van der Waals surface area contributed by atoms with Gasteiger partial charge in [-0.15, -0.1) is 11.3 Å². The van der Waals surface area contributed by atoms with Gasteiger partial charge in [-0.1, -0.05) is 38.4 Å². The molecule has 194 valence electrons. The van der Waals surface area contributed by atoms with E-state index in [0.29, 0.717) is 11.3 Å². The second kappa shape index (κ2) is 11.2. The molecule has 5 atom stereocenters. The number of nitrogens with one attached hydrogen (secondary N) is 1. The molecule has 1 fully saturated rings. The summed E-state index contributed by atoms with van der Waals surface area (Å²) in [6.07, 6.45) is -1.18. The topological polar surface area (TPSA) is 125 Å². The van der Waals surface area contributed by atoms with Crippen molar-refractivity contribution in [2.75, 3.05) is 6.61 Å². The molecule has 0 aliphatic carbocycles. The predicted octanol–water partition coefficient (Wildman–Crippen LogP) is 4.40. The van der Waals surface area contributed by atoms with Gasteiger partial charge in [0.05, 0.1) is 18.6 Å². The summed E-state index contributed by atoms with van der Waals surface area (Å²) >= 11 is 10.8. The zero-order valence-corrected chi connectivity index (χ0v) is 23.2. The summed E-state index contributed by atoms with van der Waals surface area (Å²) in [6.45, 7) is 5.55. The van der Waals surface area contributed by atoms with Crippen LogP contribution >= 0.6 is 38.9 Å². The van der Waals surface area contributed by atoms with Crippen molar-refractivity contribution in [3.8, 4) is 6.07 Å². The molecule has 1 aromatic heterocycles. The Bertz CT molecular complexity index is 1180. The van der Waals surface area contributed by atoms with Crippen LogP contribution in [0.5, 0.6) is 0 Å². The molecule has 2 heterocycles. The van der Waals surface area contributed by atoms with Gasteiger partial charge in [-0.05, 0) is 46.0 Å². The minimum absolute atomic E-state index is 0.134. The number of nitrogens with two attached hydrogens (primary N) is 1. The van der Waals surface area contributed by atoms with E-state index in [-0.39, 0.29) is 22.4 Å². The number of rotatable bonds is 8. The SMILES string of the molecule is CC(C)(C)C[C@@H]1N[C@@H](C(=O)OC[C@@H](O)CC(N)=O)[C@H](c2cc(Br)cs2)[C@@]1(C#N)c1ccc(Cl)cc1F. The first-order valence-electron chi connectivity index (χ1n) is 11.3. The van der Waals surface area contributed by atoms with E-state index in [9.17, 15) is 20.0 Å².